The normalized spacial score (nSPS) is 16.6. The Morgan fingerprint density at radius 3 is 2.83 bits per heavy atom. The zero-order valence-electron chi connectivity index (χ0n) is 16.0. The summed E-state index contributed by atoms with van der Waals surface area (Å²) in [5.74, 6) is 0.705. The minimum absolute atomic E-state index is 0.00375. The number of carbonyl (C=O) groups excluding carboxylic acids is 1. The van der Waals surface area contributed by atoms with Crippen molar-refractivity contribution in [1.82, 2.24) is 14.9 Å². The van der Waals surface area contributed by atoms with E-state index in [2.05, 4.69) is 9.97 Å². The van der Waals surface area contributed by atoms with Gasteiger partial charge in [-0.1, -0.05) is 6.07 Å². The number of rotatable bonds is 6. The number of ether oxygens (including phenoxy) is 2. The van der Waals surface area contributed by atoms with E-state index in [9.17, 15) is 18.0 Å². The van der Waals surface area contributed by atoms with Gasteiger partial charge >= 0.3 is 6.18 Å². The molecular formula is C19H21F3N4O3. The van der Waals surface area contributed by atoms with Crippen LogP contribution >= 0.6 is 0 Å². The number of alkyl halides is 3. The zero-order valence-corrected chi connectivity index (χ0v) is 16.0. The highest BCUT2D eigenvalue weighted by atomic mass is 19.4. The van der Waals surface area contributed by atoms with Crippen LogP contribution in [0, 0.1) is 0 Å². The van der Waals surface area contributed by atoms with Crippen LogP contribution in [0.2, 0.25) is 0 Å². The van der Waals surface area contributed by atoms with Crippen LogP contribution in [0.3, 0.4) is 0 Å². The van der Waals surface area contributed by atoms with E-state index in [1.54, 1.807) is 16.0 Å². The van der Waals surface area contributed by atoms with E-state index in [0.29, 0.717) is 31.2 Å². The second kappa shape index (κ2) is 8.54. The van der Waals surface area contributed by atoms with Crippen molar-refractivity contribution in [2.45, 2.75) is 18.7 Å². The number of anilines is 1. The molecule has 1 fully saturated rings. The third-order valence-electron chi connectivity index (χ3n) is 4.37. The number of halogens is 3. The summed E-state index contributed by atoms with van der Waals surface area (Å²) in [5.41, 5.74) is -0.821. The molecule has 156 valence electrons. The van der Waals surface area contributed by atoms with E-state index in [1.807, 2.05) is 14.1 Å². The Balaban J connectivity index is 1.51. The Morgan fingerprint density at radius 1 is 1.31 bits per heavy atom. The van der Waals surface area contributed by atoms with Crippen molar-refractivity contribution >= 4 is 11.7 Å². The van der Waals surface area contributed by atoms with Gasteiger partial charge in [0.2, 0.25) is 5.88 Å². The minimum atomic E-state index is -4.46. The average Bonchev–Trinajstić information content (AvgIpc) is 3.14. The Hall–Kier alpha value is -3.04. The molecule has 0 N–H and O–H groups in total. The molecule has 1 aromatic heterocycles. The summed E-state index contributed by atoms with van der Waals surface area (Å²) in [7, 11) is 3.68. The molecule has 0 saturated carbocycles. The van der Waals surface area contributed by atoms with Crippen molar-refractivity contribution in [3.63, 3.8) is 0 Å². The number of hydrogen-bond donors (Lipinski definition) is 0. The van der Waals surface area contributed by atoms with Crippen LogP contribution in [-0.4, -0.2) is 60.7 Å². The van der Waals surface area contributed by atoms with Gasteiger partial charge in [-0.3, -0.25) is 9.78 Å². The molecule has 10 heteroatoms. The van der Waals surface area contributed by atoms with Gasteiger partial charge < -0.3 is 19.3 Å². The van der Waals surface area contributed by atoms with Gasteiger partial charge in [-0.15, -0.1) is 0 Å². The summed E-state index contributed by atoms with van der Waals surface area (Å²) in [6.45, 7) is 0.471. The molecule has 0 radical (unpaired) electrons. The quantitative estimate of drug-likeness (QED) is 0.730. The van der Waals surface area contributed by atoms with Crippen molar-refractivity contribution in [3.8, 4) is 11.6 Å². The molecule has 1 aromatic carbocycles. The van der Waals surface area contributed by atoms with E-state index in [-0.39, 0.29) is 24.4 Å². The molecule has 0 spiro atoms. The van der Waals surface area contributed by atoms with Gasteiger partial charge in [0.1, 0.15) is 11.9 Å². The van der Waals surface area contributed by atoms with Crippen molar-refractivity contribution < 1.29 is 27.4 Å². The van der Waals surface area contributed by atoms with Crippen LogP contribution in [0.5, 0.6) is 11.6 Å². The lowest BCUT2D eigenvalue weighted by Gasteiger charge is -2.18. The minimum Gasteiger partial charge on any atom is -0.484 e. The van der Waals surface area contributed by atoms with Crippen molar-refractivity contribution in [2.24, 2.45) is 0 Å². The third-order valence-corrected chi connectivity index (χ3v) is 4.37. The van der Waals surface area contributed by atoms with Crippen LogP contribution in [0.25, 0.3) is 0 Å². The first kappa shape index (κ1) is 20.7. The van der Waals surface area contributed by atoms with Crippen LogP contribution in [0.15, 0.2) is 36.7 Å². The van der Waals surface area contributed by atoms with Gasteiger partial charge in [-0.25, -0.2) is 0 Å². The Bertz CT molecular complexity index is 861. The lowest BCUT2D eigenvalue weighted by atomic mass is 10.2. The fourth-order valence-corrected chi connectivity index (χ4v) is 2.83. The van der Waals surface area contributed by atoms with E-state index >= 15 is 0 Å². The highest BCUT2D eigenvalue weighted by Gasteiger charge is 2.31. The molecule has 1 aliphatic rings. The maximum Gasteiger partial charge on any atom is 0.416 e. The SMILES string of the molecule is CN(C)c1cncc(OC2CCN(C(=O)COc3cccc(C(F)(F)F)c3)C2)n1. The zero-order chi connectivity index (χ0) is 21.0. The van der Waals surface area contributed by atoms with Gasteiger partial charge in [0.05, 0.1) is 24.5 Å². The van der Waals surface area contributed by atoms with Crippen molar-refractivity contribution in [1.29, 1.82) is 0 Å². The van der Waals surface area contributed by atoms with Crippen LogP contribution < -0.4 is 14.4 Å². The Labute approximate surface area is 166 Å². The number of amides is 1. The lowest BCUT2D eigenvalue weighted by Crippen LogP contribution is -2.34. The van der Waals surface area contributed by atoms with Crippen molar-refractivity contribution in [2.75, 3.05) is 38.7 Å². The fourth-order valence-electron chi connectivity index (χ4n) is 2.83. The highest BCUT2D eigenvalue weighted by Crippen LogP contribution is 2.31. The largest absolute Gasteiger partial charge is 0.484 e. The van der Waals surface area contributed by atoms with Gasteiger partial charge in [-0.05, 0) is 18.2 Å². The summed E-state index contributed by atoms with van der Waals surface area (Å²) >= 11 is 0. The number of hydrogen-bond acceptors (Lipinski definition) is 6. The topological polar surface area (TPSA) is 67.8 Å². The molecule has 1 aliphatic heterocycles. The predicted molar refractivity (Wildman–Crippen MR) is 98.9 cm³/mol. The van der Waals surface area contributed by atoms with E-state index in [0.717, 1.165) is 12.1 Å². The van der Waals surface area contributed by atoms with E-state index in [4.69, 9.17) is 9.47 Å². The number of benzene rings is 1. The molecular weight excluding hydrogens is 389 g/mol. The monoisotopic (exact) mass is 410 g/mol. The Kier molecular flexibility index (Phi) is 6.09. The van der Waals surface area contributed by atoms with Gasteiger partial charge in [0.15, 0.2) is 12.4 Å². The van der Waals surface area contributed by atoms with Crippen LogP contribution in [0.4, 0.5) is 19.0 Å². The van der Waals surface area contributed by atoms with E-state index in [1.165, 1.54) is 18.3 Å². The second-order valence-electron chi connectivity index (χ2n) is 6.79. The summed E-state index contributed by atoms with van der Waals surface area (Å²) in [5, 5.41) is 0. The third kappa shape index (κ3) is 5.49. The van der Waals surface area contributed by atoms with E-state index < -0.39 is 11.7 Å². The molecule has 1 unspecified atom stereocenters. The first-order chi connectivity index (χ1) is 13.7. The molecule has 29 heavy (non-hydrogen) atoms. The van der Waals surface area contributed by atoms with Gasteiger partial charge in [0, 0.05) is 27.1 Å². The molecule has 1 saturated heterocycles. The summed E-state index contributed by atoms with van der Waals surface area (Å²) in [6, 6.07) is 4.45. The summed E-state index contributed by atoms with van der Waals surface area (Å²) < 4.78 is 49.3. The molecule has 0 aliphatic carbocycles. The maximum atomic E-state index is 12.7. The standard InChI is InChI=1S/C19H21F3N4O3/c1-25(2)16-9-23-10-17(24-16)29-15-6-7-26(11-15)18(27)12-28-14-5-3-4-13(8-14)19(20,21)22/h3-5,8-10,15H,6-7,11-12H2,1-2H3. The molecule has 3 rings (SSSR count). The number of nitrogens with zero attached hydrogens (tertiary/aromatic N) is 4. The highest BCUT2D eigenvalue weighted by molar-refractivity contribution is 5.78. The maximum absolute atomic E-state index is 12.7. The second-order valence-corrected chi connectivity index (χ2v) is 6.79. The number of likely N-dealkylation sites (tertiary alicyclic amines) is 1. The number of aromatic nitrogens is 2. The van der Waals surface area contributed by atoms with Crippen LogP contribution in [-0.2, 0) is 11.0 Å². The average molecular weight is 410 g/mol. The molecule has 1 atom stereocenters. The molecule has 0 bridgehead atoms. The predicted octanol–water partition coefficient (Wildman–Crippen LogP) is 2.62. The van der Waals surface area contributed by atoms with Crippen molar-refractivity contribution in [3.05, 3.63) is 42.2 Å². The Morgan fingerprint density at radius 2 is 2.10 bits per heavy atom. The summed E-state index contributed by atoms with van der Waals surface area (Å²) in [6.07, 6.45) is -0.963. The van der Waals surface area contributed by atoms with Gasteiger partial charge in [0.25, 0.3) is 5.91 Å². The fraction of sp³-hybridized carbons (Fsp3) is 0.421. The molecule has 2 heterocycles. The number of carbonyl (C=O) groups is 1. The summed E-state index contributed by atoms with van der Waals surface area (Å²) in [4.78, 5) is 24.1. The molecule has 7 nitrogen and oxygen atoms in total. The molecule has 2 aromatic rings. The molecule has 1 amide bonds. The van der Waals surface area contributed by atoms with Crippen LogP contribution in [0.1, 0.15) is 12.0 Å². The lowest BCUT2D eigenvalue weighted by molar-refractivity contribution is -0.137. The first-order valence-electron chi connectivity index (χ1n) is 8.96. The smallest absolute Gasteiger partial charge is 0.416 e. The van der Waals surface area contributed by atoms with Gasteiger partial charge in [-0.2, -0.15) is 18.2 Å². The first-order valence-corrected chi connectivity index (χ1v) is 8.96.